The molecule has 1 aliphatic rings. The van der Waals surface area contributed by atoms with Crippen LogP contribution in [-0.4, -0.2) is 37.7 Å². The topological polar surface area (TPSA) is 69.3 Å². The van der Waals surface area contributed by atoms with Gasteiger partial charge in [-0.1, -0.05) is 78.9 Å². The Balaban J connectivity index is 1.14. The third kappa shape index (κ3) is 6.25. The highest BCUT2D eigenvalue weighted by atomic mass is 16.2. The normalized spacial score (nSPS) is 17.2. The number of hydrogen-bond donors (Lipinski definition) is 3. The quantitative estimate of drug-likeness (QED) is 0.260. The molecule has 1 aromatic heterocycles. The number of hydrogen-bond acceptors (Lipinski definition) is 4. The van der Waals surface area contributed by atoms with E-state index in [1.165, 1.54) is 5.69 Å². The van der Waals surface area contributed by atoms with Crippen LogP contribution < -0.4 is 20.9 Å². The summed E-state index contributed by atoms with van der Waals surface area (Å²) < 4.78 is 0. The first kappa shape index (κ1) is 25.6. The number of benzene rings is 3. The van der Waals surface area contributed by atoms with Crippen molar-refractivity contribution in [1.29, 1.82) is 0 Å². The molecule has 2 amide bonds. The van der Waals surface area contributed by atoms with Gasteiger partial charge in [-0.05, 0) is 48.8 Å². The van der Waals surface area contributed by atoms with Crippen LogP contribution in [-0.2, 0) is 0 Å². The third-order valence-corrected chi connectivity index (χ3v) is 7.47. The highest BCUT2D eigenvalue weighted by Crippen LogP contribution is 2.30. The van der Waals surface area contributed by atoms with Gasteiger partial charge in [0.1, 0.15) is 5.82 Å². The molecule has 1 saturated carbocycles. The van der Waals surface area contributed by atoms with E-state index in [9.17, 15) is 4.79 Å². The number of anilines is 2. The van der Waals surface area contributed by atoms with E-state index in [0.717, 1.165) is 53.5 Å². The molecule has 38 heavy (non-hydrogen) atoms. The van der Waals surface area contributed by atoms with Crippen molar-refractivity contribution >= 4 is 28.4 Å². The summed E-state index contributed by atoms with van der Waals surface area (Å²) in [6.45, 7) is 0.688. The van der Waals surface area contributed by atoms with E-state index in [-0.39, 0.29) is 12.1 Å². The fraction of sp³-hybridized carbons (Fsp3) is 0.312. The lowest BCUT2D eigenvalue weighted by Crippen LogP contribution is -2.41. The van der Waals surface area contributed by atoms with Crippen molar-refractivity contribution in [2.24, 2.45) is 5.92 Å². The van der Waals surface area contributed by atoms with Crippen LogP contribution >= 0.6 is 0 Å². The number of nitrogens with one attached hydrogen (secondary N) is 3. The minimum atomic E-state index is -0.182. The Hall–Kier alpha value is -4.06. The number of fused-ring (bicyclic) bond motifs is 1. The molecule has 0 aliphatic heterocycles. The van der Waals surface area contributed by atoms with Crippen LogP contribution in [0.2, 0.25) is 0 Å². The molecule has 3 N–H and O–H groups in total. The Morgan fingerprint density at radius 2 is 1.47 bits per heavy atom. The number of pyridine rings is 1. The van der Waals surface area contributed by atoms with Gasteiger partial charge in [0.25, 0.3) is 0 Å². The predicted octanol–water partition coefficient (Wildman–Crippen LogP) is 6.36. The molecule has 1 fully saturated rings. The van der Waals surface area contributed by atoms with Gasteiger partial charge in [-0.25, -0.2) is 9.78 Å². The average Bonchev–Trinajstić information content (AvgIpc) is 2.96. The monoisotopic (exact) mass is 507 g/mol. The maximum absolute atomic E-state index is 12.9. The third-order valence-electron chi connectivity index (χ3n) is 7.47. The first-order valence-electron chi connectivity index (χ1n) is 13.5. The van der Waals surface area contributed by atoms with Gasteiger partial charge >= 0.3 is 6.03 Å². The number of urea groups is 1. The zero-order chi connectivity index (χ0) is 26.3. The van der Waals surface area contributed by atoms with Gasteiger partial charge in [0.2, 0.25) is 0 Å². The van der Waals surface area contributed by atoms with Crippen LogP contribution in [0.15, 0.2) is 91.0 Å². The highest BCUT2D eigenvalue weighted by Gasteiger charge is 2.23. The minimum absolute atomic E-state index is 0.125. The number of carbonyl (C=O) groups excluding carboxylic acids is 1. The Morgan fingerprint density at radius 1 is 0.868 bits per heavy atom. The molecule has 0 atom stereocenters. The Bertz CT molecular complexity index is 1290. The van der Waals surface area contributed by atoms with Gasteiger partial charge in [0.05, 0.1) is 11.6 Å². The van der Waals surface area contributed by atoms with Crippen LogP contribution in [0.25, 0.3) is 10.9 Å². The number of nitrogens with zero attached hydrogens (tertiary/aromatic N) is 2. The maximum Gasteiger partial charge on any atom is 0.315 e. The van der Waals surface area contributed by atoms with E-state index in [2.05, 4.69) is 83.5 Å². The first-order chi connectivity index (χ1) is 18.6. The van der Waals surface area contributed by atoms with Crippen molar-refractivity contribution in [2.45, 2.75) is 37.8 Å². The molecule has 0 bridgehead atoms. The SMILES string of the molecule is CN(C)c1cc(N[C@H]2CC[C@@H](CNC(=O)NC(c3ccccc3)c3ccccc3)CC2)nc2ccccc12. The Kier molecular flexibility index (Phi) is 8.07. The molecule has 196 valence electrons. The number of aromatic nitrogens is 1. The number of para-hydroxylation sites is 1. The van der Waals surface area contributed by atoms with Gasteiger partial charge in [-0.2, -0.15) is 0 Å². The van der Waals surface area contributed by atoms with Crippen molar-refractivity contribution in [2.75, 3.05) is 30.9 Å². The molecule has 1 aliphatic carbocycles. The largest absolute Gasteiger partial charge is 0.377 e. The van der Waals surface area contributed by atoms with E-state index in [0.29, 0.717) is 18.5 Å². The molecule has 0 radical (unpaired) electrons. The summed E-state index contributed by atoms with van der Waals surface area (Å²) in [7, 11) is 4.14. The molecule has 6 nitrogen and oxygen atoms in total. The second-order valence-corrected chi connectivity index (χ2v) is 10.4. The maximum atomic E-state index is 12.9. The van der Waals surface area contributed by atoms with Gasteiger partial charge in [-0.3, -0.25) is 0 Å². The van der Waals surface area contributed by atoms with Crippen LogP contribution in [0.3, 0.4) is 0 Å². The van der Waals surface area contributed by atoms with Crippen LogP contribution in [0.5, 0.6) is 0 Å². The molecule has 4 aromatic rings. The number of amides is 2. The number of carbonyl (C=O) groups is 1. The van der Waals surface area contributed by atoms with E-state index >= 15 is 0 Å². The second-order valence-electron chi connectivity index (χ2n) is 10.4. The molecule has 3 aromatic carbocycles. The molecule has 0 unspecified atom stereocenters. The number of rotatable bonds is 8. The van der Waals surface area contributed by atoms with Gasteiger partial charge in [-0.15, -0.1) is 0 Å². The molecular weight excluding hydrogens is 470 g/mol. The minimum Gasteiger partial charge on any atom is -0.377 e. The van der Waals surface area contributed by atoms with Gasteiger partial charge < -0.3 is 20.9 Å². The molecule has 0 saturated heterocycles. The zero-order valence-electron chi connectivity index (χ0n) is 22.2. The smallest absolute Gasteiger partial charge is 0.315 e. The van der Waals surface area contributed by atoms with Crippen LogP contribution in [0.1, 0.15) is 42.9 Å². The second kappa shape index (κ2) is 12.0. The summed E-state index contributed by atoms with van der Waals surface area (Å²) in [5.41, 5.74) is 4.32. The fourth-order valence-electron chi connectivity index (χ4n) is 5.39. The predicted molar refractivity (Wildman–Crippen MR) is 157 cm³/mol. The average molecular weight is 508 g/mol. The van der Waals surface area contributed by atoms with E-state index < -0.39 is 0 Å². The Labute approximate surface area is 225 Å². The Morgan fingerprint density at radius 3 is 2.11 bits per heavy atom. The van der Waals surface area contributed by atoms with E-state index in [4.69, 9.17) is 4.98 Å². The summed E-state index contributed by atoms with van der Waals surface area (Å²) in [6.07, 6.45) is 4.28. The molecule has 0 spiro atoms. The highest BCUT2D eigenvalue weighted by molar-refractivity contribution is 5.93. The lowest BCUT2D eigenvalue weighted by molar-refractivity contribution is 0.233. The van der Waals surface area contributed by atoms with Gasteiger partial charge in [0, 0.05) is 43.8 Å². The molecule has 6 heteroatoms. The van der Waals surface area contributed by atoms with Crippen molar-refractivity contribution < 1.29 is 4.79 Å². The molecule has 1 heterocycles. The fourth-order valence-corrected chi connectivity index (χ4v) is 5.39. The standard InChI is InChI=1S/C32H37N5O/c1-37(2)29-21-30(35-28-16-10-9-15-27(28)29)34-26-19-17-23(18-20-26)22-33-32(38)36-31(24-11-5-3-6-12-24)25-13-7-4-8-14-25/h3-16,21,23,26,31H,17-20,22H2,1-2H3,(H,34,35)(H2,33,36,38)/t23-,26+. The summed E-state index contributed by atoms with van der Waals surface area (Å²) >= 11 is 0. The molecular formula is C32H37N5O. The van der Waals surface area contributed by atoms with Crippen molar-refractivity contribution in [3.05, 3.63) is 102 Å². The lowest BCUT2D eigenvalue weighted by Gasteiger charge is -2.30. The van der Waals surface area contributed by atoms with E-state index in [1.807, 2.05) is 42.5 Å². The summed E-state index contributed by atoms with van der Waals surface area (Å²) in [5.74, 6) is 1.41. The lowest BCUT2D eigenvalue weighted by atomic mass is 9.86. The van der Waals surface area contributed by atoms with Gasteiger partial charge in [0.15, 0.2) is 0 Å². The van der Waals surface area contributed by atoms with Crippen LogP contribution in [0.4, 0.5) is 16.3 Å². The molecule has 5 rings (SSSR count). The summed E-state index contributed by atoms with van der Waals surface area (Å²) in [6, 6.07) is 30.8. The van der Waals surface area contributed by atoms with E-state index in [1.54, 1.807) is 0 Å². The van der Waals surface area contributed by atoms with Crippen molar-refractivity contribution in [3.63, 3.8) is 0 Å². The summed E-state index contributed by atoms with van der Waals surface area (Å²) in [5, 5.41) is 11.2. The van der Waals surface area contributed by atoms with Crippen molar-refractivity contribution in [1.82, 2.24) is 15.6 Å². The zero-order valence-corrected chi connectivity index (χ0v) is 22.2. The van der Waals surface area contributed by atoms with Crippen LogP contribution in [0, 0.1) is 5.92 Å². The summed E-state index contributed by atoms with van der Waals surface area (Å²) in [4.78, 5) is 19.9. The van der Waals surface area contributed by atoms with Crippen molar-refractivity contribution in [3.8, 4) is 0 Å². The first-order valence-corrected chi connectivity index (χ1v) is 13.5.